The summed E-state index contributed by atoms with van der Waals surface area (Å²) in [5.74, 6) is 0. The summed E-state index contributed by atoms with van der Waals surface area (Å²) in [6.07, 6.45) is 6.00. The molecule has 1 saturated heterocycles. The van der Waals surface area contributed by atoms with E-state index in [9.17, 15) is 4.79 Å². The third kappa shape index (κ3) is 6.64. The molecule has 2 rings (SSSR count). The van der Waals surface area contributed by atoms with Crippen LogP contribution in [-0.2, 0) is 11.3 Å². The highest BCUT2D eigenvalue weighted by atomic mass is 35.5. The Bertz CT molecular complexity index is 434. The molecule has 0 bridgehead atoms. The Morgan fingerprint density at radius 2 is 2.05 bits per heavy atom. The van der Waals surface area contributed by atoms with Crippen LogP contribution in [0, 0.1) is 0 Å². The highest BCUT2D eigenvalue weighted by Crippen LogP contribution is 2.17. The first kappa shape index (κ1) is 18.7. The van der Waals surface area contributed by atoms with Crippen molar-refractivity contribution < 1.29 is 9.53 Å². The molecule has 1 aromatic carbocycles. The fraction of sp³-hybridized carbons (Fsp3) is 0.562. The van der Waals surface area contributed by atoms with E-state index in [-0.39, 0.29) is 18.4 Å². The number of nitrogens with two attached hydrogens (primary N) is 1. The molecule has 1 aliphatic heterocycles. The second-order valence-corrected chi connectivity index (χ2v) is 5.41. The summed E-state index contributed by atoms with van der Waals surface area (Å²) in [5.41, 5.74) is 7.36. The smallest absolute Gasteiger partial charge is 0.319 e. The third-order valence-corrected chi connectivity index (χ3v) is 3.71. The van der Waals surface area contributed by atoms with Crippen LogP contribution in [0.4, 0.5) is 10.5 Å². The van der Waals surface area contributed by atoms with E-state index in [0.717, 1.165) is 37.1 Å². The molecule has 22 heavy (non-hydrogen) atoms. The van der Waals surface area contributed by atoms with Crippen LogP contribution < -0.4 is 16.4 Å². The van der Waals surface area contributed by atoms with Gasteiger partial charge in [0.2, 0.25) is 0 Å². The molecule has 1 fully saturated rings. The van der Waals surface area contributed by atoms with Gasteiger partial charge >= 0.3 is 6.03 Å². The summed E-state index contributed by atoms with van der Waals surface area (Å²) in [5, 5.41) is 5.68. The zero-order valence-electron chi connectivity index (χ0n) is 12.8. The number of unbranched alkanes of at least 4 members (excludes halogenated alkanes) is 1. The molecule has 0 aromatic heterocycles. The molecular weight excluding hydrogens is 302 g/mol. The van der Waals surface area contributed by atoms with E-state index in [1.807, 2.05) is 24.3 Å². The van der Waals surface area contributed by atoms with Crippen molar-refractivity contribution in [2.45, 2.75) is 44.8 Å². The van der Waals surface area contributed by atoms with Crippen molar-refractivity contribution in [3.05, 3.63) is 29.8 Å². The maximum Gasteiger partial charge on any atom is 0.319 e. The third-order valence-electron chi connectivity index (χ3n) is 3.71. The van der Waals surface area contributed by atoms with Crippen LogP contribution >= 0.6 is 12.4 Å². The molecule has 1 unspecified atom stereocenters. The van der Waals surface area contributed by atoms with Gasteiger partial charge in [-0.05, 0) is 49.8 Å². The minimum Gasteiger partial charge on any atom is -0.378 e. The zero-order chi connectivity index (χ0) is 14.9. The Kier molecular flexibility index (Phi) is 8.89. The van der Waals surface area contributed by atoms with Gasteiger partial charge in [0, 0.05) is 25.4 Å². The van der Waals surface area contributed by atoms with Crippen LogP contribution in [0.3, 0.4) is 0 Å². The summed E-state index contributed by atoms with van der Waals surface area (Å²) in [7, 11) is 0. The summed E-state index contributed by atoms with van der Waals surface area (Å²) < 4.78 is 5.57. The largest absolute Gasteiger partial charge is 0.378 e. The van der Waals surface area contributed by atoms with Crippen molar-refractivity contribution in [2.75, 3.05) is 18.5 Å². The standard InChI is InChI=1S/C16H25N3O2.ClH/c17-12-13-6-8-14(9-7-13)19-16(20)18-10-2-1-4-15-5-3-11-21-15;/h6-9,15H,1-5,10-12,17H2,(H2,18,19,20);1H. The van der Waals surface area contributed by atoms with Crippen molar-refractivity contribution in [3.8, 4) is 0 Å². The van der Waals surface area contributed by atoms with Gasteiger partial charge in [-0.25, -0.2) is 4.79 Å². The second-order valence-electron chi connectivity index (χ2n) is 5.41. The predicted octanol–water partition coefficient (Wildman–Crippen LogP) is 3.04. The first-order valence-corrected chi connectivity index (χ1v) is 7.73. The highest BCUT2D eigenvalue weighted by Gasteiger charge is 2.14. The quantitative estimate of drug-likeness (QED) is 0.674. The van der Waals surface area contributed by atoms with Crippen LogP contribution in [0.25, 0.3) is 0 Å². The number of hydrogen-bond donors (Lipinski definition) is 3. The number of hydrogen-bond acceptors (Lipinski definition) is 3. The van der Waals surface area contributed by atoms with Gasteiger partial charge in [0.05, 0.1) is 6.10 Å². The molecule has 4 N–H and O–H groups in total. The van der Waals surface area contributed by atoms with Gasteiger partial charge in [-0.1, -0.05) is 12.1 Å². The Hall–Kier alpha value is -1.30. The number of halogens is 1. The lowest BCUT2D eigenvalue weighted by Gasteiger charge is -2.10. The van der Waals surface area contributed by atoms with E-state index in [1.54, 1.807) is 0 Å². The van der Waals surface area contributed by atoms with Gasteiger partial charge in [-0.2, -0.15) is 0 Å². The van der Waals surface area contributed by atoms with Gasteiger partial charge in [0.15, 0.2) is 0 Å². The van der Waals surface area contributed by atoms with E-state index in [0.29, 0.717) is 19.2 Å². The molecule has 124 valence electrons. The normalized spacial score (nSPS) is 16.9. The molecule has 1 heterocycles. The Morgan fingerprint density at radius 3 is 2.68 bits per heavy atom. The van der Waals surface area contributed by atoms with Crippen LogP contribution in [-0.4, -0.2) is 25.3 Å². The van der Waals surface area contributed by atoms with Crippen molar-refractivity contribution in [2.24, 2.45) is 5.73 Å². The van der Waals surface area contributed by atoms with Crippen molar-refractivity contribution in [1.82, 2.24) is 5.32 Å². The molecule has 1 aliphatic rings. The first-order chi connectivity index (χ1) is 10.3. The Morgan fingerprint density at radius 1 is 1.27 bits per heavy atom. The van der Waals surface area contributed by atoms with Crippen molar-refractivity contribution in [3.63, 3.8) is 0 Å². The lowest BCUT2D eigenvalue weighted by Crippen LogP contribution is -2.29. The summed E-state index contributed by atoms with van der Waals surface area (Å²) in [6, 6.07) is 7.39. The average molecular weight is 328 g/mol. The van der Waals surface area contributed by atoms with Crippen molar-refractivity contribution >= 4 is 24.1 Å². The molecule has 5 nitrogen and oxygen atoms in total. The number of benzene rings is 1. The van der Waals surface area contributed by atoms with E-state index in [4.69, 9.17) is 10.5 Å². The Labute approximate surface area is 138 Å². The number of carbonyl (C=O) groups is 1. The second kappa shape index (κ2) is 10.4. The van der Waals surface area contributed by atoms with Crippen LogP contribution in [0.5, 0.6) is 0 Å². The molecule has 0 aliphatic carbocycles. The first-order valence-electron chi connectivity index (χ1n) is 7.73. The van der Waals surface area contributed by atoms with E-state index < -0.39 is 0 Å². The molecule has 1 atom stereocenters. The number of rotatable bonds is 7. The van der Waals surface area contributed by atoms with Gasteiger partial charge in [-0.3, -0.25) is 0 Å². The van der Waals surface area contributed by atoms with Crippen LogP contribution in [0.2, 0.25) is 0 Å². The minimum absolute atomic E-state index is 0. The molecule has 2 amide bonds. The molecule has 0 spiro atoms. The fourth-order valence-corrected chi connectivity index (χ4v) is 2.47. The number of ether oxygens (including phenoxy) is 1. The molecule has 0 radical (unpaired) electrons. The maximum atomic E-state index is 11.7. The van der Waals surface area contributed by atoms with Crippen molar-refractivity contribution in [1.29, 1.82) is 0 Å². The number of anilines is 1. The maximum absolute atomic E-state index is 11.7. The van der Waals surface area contributed by atoms with Gasteiger partial charge in [-0.15, -0.1) is 12.4 Å². The highest BCUT2D eigenvalue weighted by molar-refractivity contribution is 5.89. The summed E-state index contributed by atoms with van der Waals surface area (Å²) in [6.45, 7) is 2.12. The number of amides is 2. The number of nitrogens with one attached hydrogen (secondary N) is 2. The summed E-state index contributed by atoms with van der Waals surface area (Å²) >= 11 is 0. The SMILES string of the molecule is Cl.NCc1ccc(NC(=O)NCCCCC2CCCO2)cc1. The minimum atomic E-state index is -0.160. The van der Waals surface area contributed by atoms with Gasteiger partial charge in [0.1, 0.15) is 0 Å². The monoisotopic (exact) mass is 327 g/mol. The van der Waals surface area contributed by atoms with Crippen LogP contribution in [0.1, 0.15) is 37.7 Å². The Balaban J connectivity index is 0.00000242. The zero-order valence-corrected chi connectivity index (χ0v) is 13.7. The predicted molar refractivity (Wildman–Crippen MR) is 91.4 cm³/mol. The molecule has 1 aromatic rings. The topological polar surface area (TPSA) is 76.4 Å². The molecule has 0 saturated carbocycles. The van der Waals surface area contributed by atoms with Crippen LogP contribution in [0.15, 0.2) is 24.3 Å². The number of carbonyl (C=O) groups excluding carboxylic acids is 1. The lowest BCUT2D eigenvalue weighted by molar-refractivity contribution is 0.102. The molecular formula is C16H26ClN3O2. The average Bonchev–Trinajstić information content (AvgIpc) is 3.01. The molecule has 6 heteroatoms. The lowest BCUT2D eigenvalue weighted by atomic mass is 10.1. The summed E-state index contributed by atoms with van der Waals surface area (Å²) in [4.78, 5) is 11.7. The van der Waals surface area contributed by atoms with E-state index in [2.05, 4.69) is 10.6 Å². The van der Waals surface area contributed by atoms with E-state index in [1.165, 1.54) is 12.8 Å². The fourth-order valence-electron chi connectivity index (χ4n) is 2.47. The number of urea groups is 1. The van der Waals surface area contributed by atoms with Gasteiger partial charge < -0.3 is 21.1 Å². The van der Waals surface area contributed by atoms with Gasteiger partial charge in [0.25, 0.3) is 0 Å². The van der Waals surface area contributed by atoms with E-state index >= 15 is 0 Å².